The van der Waals surface area contributed by atoms with Gasteiger partial charge in [0.1, 0.15) is 0 Å². The van der Waals surface area contributed by atoms with Crippen molar-refractivity contribution in [3.8, 4) is 0 Å². The first kappa shape index (κ1) is 8.48. The molecule has 1 aromatic rings. The first-order valence-electron chi connectivity index (χ1n) is 4.53. The molecule has 1 N–H and O–H groups in total. The van der Waals surface area contributed by atoms with E-state index in [2.05, 4.69) is 17.2 Å². The minimum absolute atomic E-state index is 0.425. The van der Waals surface area contributed by atoms with Crippen LogP contribution < -0.4 is 5.32 Å². The zero-order valence-electron chi connectivity index (χ0n) is 7.68. The largest absolute Gasteiger partial charge is 0.384 e. The Balaban J connectivity index is 1.94. The van der Waals surface area contributed by atoms with Crippen LogP contribution in [0.3, 0.4) is 0 Å². The normalized spacial score (nSPS) is 18.3. The van der Waals surface area contributed by atoms with Crippen LogP contribution in [0.2, 0.25) is 0 Å². The lowest BCUT2D eigenvalue weighted by atomic mass is 10.1. The van der Waals surface area contributed by atoms with Crippen molar-refractivity contribution >= 4 is 5.69 Å². The summed E-state index contributed by atoms with van der Waals surface area (Å²) in [5, 5.41) is 3.21. The Morgan fingerprint density at radius 1 is 1.62 bits per heavy atom. The molecule has 1 aliphatic carbocycles. The summed E-state index contributed by atoms with van der Waals surface area (Å²) in [6.07, 6.45) is 4.02. The van der Waals surface area contributed by atoms with Crippen LogP contribution in [0.5, 0.6) is 0 Å². The van der Waals surface area contributed by atoms with Crippen molar-refractivity contribution in [1.82, 2.24) is 4.98 Å². The van der Waals surface area contributed by atoms with Gasteiger partial charge in [-0.25, -0.2) is 4.98 Å². The van der Waals surface area contributed by atoms with Gasteiger partial charge >= 0.3 is 0 Å². The lowest BCUT2D eigenvalue weighted by Crippen LogP contribution is -2.11. The molecule has 3 heteroatoms. The van der Waals surface area contributed by atoms with Crippen LogP contribution in [0, 0.1) is 11.4 Å². The number of nitrogens with one attached hydrogen (secondary N) is 1. The molecule has 1 fully saturated rings. The van der Waals surface area contributed by atoms with E-state index in [4.69, 9.17) is 0 Å². The van der Waals surface area contributed by atoms with Gasteiger partial charge in [0.25, 0.3) is 0 Å². The van der Waals surface area contributed by atoms with Crippen LogP contribution >= 0.6 is 0 Å². The molecule has 70 valence electrons. The second-order valence-electron chi connectivity index (χ2n) is 4.03. The number of hydrogen-bond acceptors (Lipinski definition) is 2. The summed E-state index contributed by atoms with van der Waals surface area (Å²) in [7, 11) is 0. The van der Waals surface area contributed by atoms with E-state index in [0.29, 0.717) is 5.41 Å². The van der Waals surface area contributed by atoms with Crippen LogP contribution in [0.4, 0.5) is 10.1 Å². The third kappa shape index (κ3) is 2.17. The Hall–Kier alpha value is -1.12. The fraction of sp³-hybridized carbons (Fsp3) is 0.500. The van der Waals surface area contributed by atoms with E-state index in [-0.39, 0.29) is 0 Å². The molecule has 0 saturated heterocycles. The van der Waals surface area contributed by atoms with Gasteiger partial charge in [0, 0.05) is 24.5 Å². The molecule has 0 atom stereocenters. The number of nitrogens with zero attached hydrogens (tertiary/aromatic N) is 1. The zero-order chi connectivity index (χ0) is 9.31. The first-order chi connectivity index (χ1) is 6.18. The van der Waals surface area contributed by atoms with E-state index in [0.717, 1.165) is 12.2 Å². The van der Waals surface area contributed by atoms with E-state index >= 15 is 0 Å². The van der Waals surface area contributed by atoms with Gasteiger partial charge in [-0.05, 0) is 24.3 Å². The molecule has 0 bridgehead atoms. The molecule has 2 nitrogen and oxygen atoms in total. The van der Waals surface area contributed by atoms with Gasteiger partial charge in [-0.15, -0.1) is 0 Å². The summed E-state index contributed by atoms with van der Waals surface area (Å²) >= 11 is 0. The van der Waals surface area contributed by atoms with E-state index < -0.39 is 5.95 Å². The first-order valence-corrected chi connectivity index (χ1v) is 4.53. The Kier molecular flexibility index (Phi) is 1.94. The SMILES string of the molecule is CC1(CNc2ccnc(F)c2)CC1. The van der Waals surface area contributed by atoms with Crippen molar-refractivity contribution in [3.05, 3.63) is 24.3 Å². The summed E-state index contributed by atoms with van der Waals surface area (Å²) in [6.45, 7) is 3.16. The number of hydrogen-bond donors (Lipinski definition) is 1. The van der Waals surface area contributed by atoms with Crippen LogP contribution in [-0.2, 0) is 0 Å². The maximum Gasteiger partial charge on any atom is 0.214 e. The van der Waals surface area contributed by atoms with Crippen LogP contribution in [0.25, 0.3) is 0 Å². The minimum Gasteiger partial charge on any atom is -0.384 e. The third-order valence-electron chi connectivity index (χ3n) is 2.55. The Bertz CT molecular complexity index is 308. The van der Waals surface area contributed by atoms with Gasteiger partial charge in [-0.2, -0.15) is 4.39 Å². The molecule has 1 saturated carbocycles. The fourth-order valence-electron chi connectivity index (χ4n) is 1.22. The molecule has 1 heterocycles. The quantitative estimate of drug-likeness (QED) is 0.722. The van der Waals surface area contributed by atoms with E-state index in [1.54, 1.807) is 6.07 Å². The molecule has 0 aromatic carbocycles. The predicted octanol–water partition coefficient (Wildman–Crippen LogP) is 2.43. The van der Waals surface area contributed by atoms with Gasteiger partial charge < -0.3 is 5.32 Å². The van der Waals surface area contributed by atoms with Gasteiger partial charge in [-0.3, -0.25) is 0 Å². The molecular weight excluding hydrogens is 167 g/mol. The van der Waals surface area contributed by atoms with Crippen LogP contribution in [-0.4, -0.2) is 11.5 Å². The van der Waals surface area contributed by atoms with Crippen molar-refractivity contribution in [2.75, 3.05) is 11.9 Å². The van der Waals surface area contributed by atoms with Gasteiger partial charge in [-0.1, -0.05) is 6.92 Å². The third-order valence-corrected chi connectivity index (χ3v) is 2.55. The molecule has 1 aliphatic rings. The number of rotatable bonds is 3. The molecule has 0 amide bonds. The highest BCUT2D eigenvalue weighted by Gasteiger charge is 2.36. The van der Waals surface area contributed by atoms with E-state index in [1.165, 1.54) is 25.1 Å². The maximum absolute atomic E-state index is 12.7. The molecule has 13 heavy (non-hydrogen) atoms. The number of aromatic nitrogens is 1. The average Bonchev–Trinajstić information content (AvgIpc) is 2.82. The predicted molar refractivity (Wildman–Crippen MR) is 50.0 cm³/mol. The highest BCUT2D eigenvalue weighted by atomic mass is 19.1. The highest BCUT2D eigenvalue weighted by Crippen LogP contribution is 2.44. The fourth-order valence-corrected chi connectivity index (χ4v) is 1.22. The van der Waals surface area contributed by atoms with E-state index in [1.807, 2.05) is 0 Å². The summed E-state index contributed by atoms with van der Waals surface area (Å²) in [5.41, 5.74) is 1.26. The summed E-state index contributed by atoms with van der Waals surface area (Å²) in [4.78, 5) is 3.49. The molecular formula is C10H13FN2. The Labute approximate surface area is 77.2 Å². The molecule has 0 aliphatic heterocycles. The van der Waals surface area contributed by atoms with Crippen molar-refractivity contribution in [3.63, 3.8) is 0 Å². The monoisotopic (exact) mass is 180 g/mol. The smallest absolute Gasteiger partial charge is 0.214 e. The van der Waals surface area contributed by atoms with Crippen molar-refractivity contribution in [1.29, 1.82) is 0 Å². The van der Waals surface area contributed by atoms with Crippen molar-refractivity contribution in [2.45, 2.75) is 19.8 Å². The molecule has 2 rings (SSSR count). The van der Waals surface area contributed by atoms with Crippen LogP contribution in [0.1, 0.15) is 19.8 Å². The molecule has 0 unspecified atom stereocenters. The Morgan fingerprint density at radius 3 is 3.00 bits per heavy atom. The summed E-state index contributed by atoms with van der Waals surface area (Å²) in [5.74, 6) is -0.425. The summed E-state index contributed by atoms with van der Waals surface area (Å²) < 4.78 is 12.7. The second kappa shape index (κ2) is 2.98. The standard InChI is InChI=1S/C10H13FN2/c1-10(3-4-10)7-13-8-2-5-12-9(11)6-8/h2,5-6H,3-4,7H2,1H3,(H,12,13). The van der Waals surface area contributed by atoms with Gasteiger partial charge in [0.15, 0.2) is 0 Å². The molecule has 0 spiro atoms. The van der Waals surface area contributed by atoms with Crippen LogP contribution in [0.15, 0.2) is 18.3 Å². The number of anilines is 1. The van der Waals surface area contributed by atoms with Crippen molar-refractivity contribution < 1.29 is 4.39 Å². The molecule has 0 radical (unpaired) electrons. The van der Waals surface area contributed by atoms with E-state index in [9.17, 15) is 4.39 Å². The minimum atomic E-state index is -0.425. The number of pyridine rings is 1. The Morgan fingerprint density at radius 2 is 2.38 bits per heavy atom. The highest BCUT2D eigenvalue weighted by molar-refractivity contribution is 5.41. The lowest BCUT2D eigenvalue weighted by Gasteiger charge is -2.10. The summed E-state index contributed by atoms with van der Waals surface area (Å²) in [6, 6.07) is 3.21. The number of halogens is 1. The zero-order valence-corrected chi connectivity index (χ0v) is 7.68. The van der Waals surface area contributed by atoms with Gasteiger partial charge in [0.2, 0.25) is 5.95 Å². The topological polar surface area (TPSA) is 24.9 Å². The second-order valence-corrected chi connectivity index (χ2v) is 4.03. The maximum atomic E-state index is 12.7. The lowest BCUT2D eigenvalue weighted by molar-refractivity contribution is 0.582. The average molecular weight is 180 g/mol. The molecule has 1 aromatic heterocycles. The van der Waals surface area contributed by atoms with Gasteiger partial charge in [0.05, 0.1) is 0 Å². The van der Waals surface area contributed by atoms with Crippen molar-refractivity contribution in [2.24, 2.45) is 5.41 Å².